The van der Waals surface area contributed by atoms with E-state index in [-0.39, 0.29) is 0 Å². The third-order valence-electron chi connectivity index (χ3n) is 3.57. The molecule has 0 unspecified atom stereocenters. The number of aromatic nitrogens is 3. The maximum atomic E-state index is 5.43. The molecule has 2 aromatic heterocycles. The SMILES string of the molecule is COc1ccc2c(OC)nc(-c3cccc(C)n3)nc2c1C. The number of methoxy groups -OCH3 is 2. The van der Waals surface area contributed by atoms with E-state index in [0.717, 1.165) is 33.6 Å². The average Bonchev–Trinajstić information content (AvgIpc) is 2.54. The maximum absolute atomic E-state index is 5.43. The van der Waals surface area contributed by atoms with Crippen molar-refractivity contribution in [3.63, 3.8) is 0 Å². The van der Waals surface area contributed by atoms with Gasteiger partial charge >= 0.3 is 0 Å². The first-order chi connectivity index (χ1) is 10.6. The zero-order valence-corrected chi connectivity index (χ0v) is 13.0. The number of pyridine rings is 1. The lowest BCUT2D eigenvalue weighted by Gasteiger charge is -2.11. The van der Waals surface area contributed by atoms with Crippen molar-refractivity contribution in [2.45, 2.75) is 13.8 Å². The molecule has 0 aliphatic carbocycles. The lowest BCUT2D eigenvalue weighted by atomic mass is 10.1. The van der Waals surface area contributed by atoms with Gasteiger partial charge in [0.05, 0.1) is 25.1 Å². The molecule has 3 aromatic rings. The molecule has 0 N–H and O–H groups in total. The van der Waals surface area contributed by atoms with Crippen molar-refractivity contribution in [1.29, 1.82) is 0 Å². The van der Waals surface area contributed by atoms with Crippen LogP contribution >= 0.6 is 0 Å². The van der Waals surface area contributed by atoms with Crippen LogP contribution in [0.15, 0.2) is 30.3 Å². The molecule has 112 valence electrons. The molecule has 5 nitrogen and oxygen atoms in total. The molecule has 0 aliphatic heterocycles. The number of hydrogen-bond donors (Lipinski definition) is 0. The fourth-order valence-corrected chi connectivity index (χ4v) is 2.44. The summed E-state index contributed by atoms with van der Waals surface area (Å²) in [7, 11) is 3.25. The Hall–Kier alpha value is -2.69. The standard InChI is InChI=1S/C17H17N3O2/c1-10-6-5-7-13(18-10)16-19-15-11(2)14(21-3)9-8-12(15)17(20-16)22-4/h5-9H,1-4H3. The zero-order chi connectivity index (χ0) is 15.7. The molecule has 0 aliphatic rings. The second-order valence-corrected chi connectivity index (χ2v) is 5.01. The van der Waals surface area contributed by atoms with E-state index in [1.54, 1.807) is 14.2 Å². The fraction of sp³-hybridized carbons (Fsp3) is 0.235. The Morgan fingerprint density at radius 1 is 0.864 bits per heavy atom. The Morgan fingerprint density at radius 2 is 1.68 bits per heavy atom. The molecule has 5 heteroatoms. The highest BCUT2D eigenvalue weighted by molar-refractivity contribution is 5.89. The summed E-state index contributed by atoms with van der Waals surface area (Å²) >= 11 is 0. The summed E-state index contributed by atoms with van der Waals surface area (Å²) in [6.45, 7) is 3.91. The molecule has 0 radical (unpaired) electrons. The predicted octanol–water partition coefficient (Wildman–Crippen LogP) is 3.33. The van der Waals surface area contributed by atoms with E-state index in [1.165, 1.54) is 0 Å². The van der Waals surface area contributed by atoms with Crippen LogP contribution in [-0.2, 0) is 0 Å². The molecule has 3 rings (SSSR count). The third kappa shape index (κ3) is 2.35. The van der Waals surface area contributed by atoms with E-state index < -0.39 is 0 Å². The van der Waals surface area contributed by atoms with Crippen LogP contribution in [0.3, 0.4) is 0 Å². The molecule has 0 bridgehead atoms. The fourth-order valence-electron chi connectivity index (χ4n) is 2.44. The topological polar surface area (TPSA) is 57.1 Å². The largest absolute Gasteiger partial charge is 0.496 e. The van der Waals surface area contributed by atoms with Crippen LogP contribution in [0.25, 0.3) is 22.4 Å². The van der Waals surface area contributed by atoms with E-state index in [2.05, 4.69) is 15.0 Å². The van der Waals surface area contributed by atoms with Gasteiger partial charge in [0.2, 0.25) is 5.88 Å². The van der Waals surface area contributed by atoms with Crippen molar-refractivity contribution in [2.24, 2.45) is 0 Å². The van der Waals surface area contributed by atoms with Crippen LogP contribution in [0.1, 0.15) is 11.3 Å². The van der Waals surface area contributed by atoms with Gasteiger partial charge < -0.3 is 9.47 Å². The molecular weight excluding hydrogens is 278 g/mol. The summed E-state index contributed by atoms with van der Waals surface area (Å²) in [6.07, 6.45) is 0. The van der Waals surface area contributed by atoms with Gasteiger partial charge in [0.25, 0.3) is 0 Å². The second kappa shape index (κ2) is 5.60. The van der Waals surface area contributed by atoms with Crippen LogP contribution in [-0.4, -0.2) is 29.2 Å². The first-order valence-corrected chi connectivity index (χ1v) is 6.97. The highest BCUT2D eigenvalue weighted by Gasteiger charge is 2.14. The zero-order valence-electron chi connectivity index (χ0n) is 13.0. The van der Waals surface area contributed by atoms with Crippen LogP contribution < -0.4 is 9.47 Å². The van der Waals surface area contributed by atoms with Gasteiger partial charge in [-0.1, -0.05) is 6.07 Å². The highest BCUT2D eigenvalue weighted by Crippen LogP contribution is 2.32. The number of aryl methyl sites for hydroxylation is 2. The van der Waals surface area contributed by atoms with Crippen LogP contribution in [0.5, 0.6) is 11.6 Å². The lowest BCUT2D eigenvalue weighted by Crippen LogP contribution is -2.00. The molecule has 0 atom stereocenters. The molecule has 0 saturated heterocycles. The number of benzene rings is 1. The highest BCUT2D eigenvalue weighted by atomic mass is 16.5. The van der Waals surface area contributed by atoms with Crippen LogP contribution in [0, 0.1) is 13.8 Å². The van der Waals surface area contributed by atoms with Crippen molar-refractivity contribution in [3.8, 4) is 23.1 Å². The first-order valence-electron chi connectivity index (χ1n) is 6.97. The van der Waals surface area contributed by atoms with E-state index in [9.17, 15) is 0 Å². The Morgan fingerprint density at radius 3 is 2.36 bits per heavy atom. The molecule has 0 spiro atoms. The average molecular weight is 295 g/mol. The molecule has 2 heterocycles. The van der Waals surface area contributed by atoms with Gasteiger partial charge in [-0.25, -0.2) is 9.97 Å². The minimum atomic E-state index is 0.536. The first kappa shape index (κ1) is 14.3. The molecular formula is C17H17N3O2. The summed E-state index contributed by atoms with van der Waals surface area (Å²) in [5, 5.41) is 0.859. The smallest absolute Gasteiger partial charge is 0.224 e. The molecule has 0 fully saturated rings. The molecule has 1 aromatic carbocycles. The normalized spacial score (nSPS) is 10.7. The number of fused-ring (bicyclic) bond motifs is 1. The number of hydrogen-bond acceptors (Lipinski definition) is 5. The third-order valence-corrected chi connectivity index (χ3v) is 3.57. The van der Waals surface area contributed by atoms with Gasteiger partial charge in [-0.15, -0.1) is 0 Å². The van der Waals surface area contributed by atoms with Crippen molar-refractivity contribution in [1.82, 2.24) is 15.0 Å². The minimum absolute atomic E-state index is 0.536. The number of nitrogens with zero attached hydrogens (tertiary/aromatic N) is 3. The summed E-state index contributed by atoms with van der Waals surface area (Å²) in [4.78, 5) is 13.6. The Kier molecular flexibility index (Phi) is 3.63. The number of ether oxygens (including phenoxy) is 2. The summed E-state index contributed by atoms with van der Waals surface area (Å²) in [6, 6.07) is 9.58. The maximum Gasteiger partial charge on any atom is 0.224 e. The van der Waals surface area contributed by atoms with E-state index in [0.29, 0.717) is 11.7 Å². The quantitative estimate of drug-likeness (QED) is 0.742. The van der Waals surface area contributed by atoms with Crippen LogP contribution in [0.4, 0.5) is 0 Å². The van der Waals surface area contributed by atoms with Gasteiger partial charge in [0.1, 0.15) is 11.4 Å². The predicted molar refractivity (Wildman–Crippen MR) is 85.3 cm³/mol. The van der Waals surface area contributed by atoms with Crippen molar-refractivity contribution in [3.05, 3.63) is 41.6 Å². The minimum Gasteiger partial charge on any atom is -0.496 e. The summed E-state index contributed by atoms with van der Waals surface area (Å²) < 4.78 is 10.8. The summed E-state index contributed by atoms with van der Waals surface area (Å²) in [5.41, 5.74) is 3.41. The van der Waals surface area contributed by atoms with E-state index in [1.807, 2.05) is 44.2 Å². The number of rotatable bonds is 3. The Bertz CT molecular complexity index is 847. The van der Waals surface area contributed by atoms with Crippen molar-refractivity contribution >= 4 is 10.9 Å². The molecule has 0 amide bonds. The lowest BCUT2D eigenvalue weighted by molar-refractivity contribution is 0.402. The molecule has 0 saturated carbocycles. The van der Waals surface area contributed by atoms with Gasteiger partial charge in [0.15, 0.2) is 5.82 Å². The van der Waals surface area contributed by atoms with Gasteiger partial charge in [0, 0.05) is 11.3 Å². The molecule has 22 heavy (non-hydrogen) atoms. The van der Waals surface area contributed by atoms with Gasteiger partial charge in [-0.2, -0.15) is 4.98 Å². The van der Waals surface area contributed by atoms with Crippen LogP contribution in [0.2, 0.25) is 0 Å². The van der Waals surface area contributed by atoms with Crippen molar-refractivity contribution in [2.75, 3.05) is 14.2 Å². The second-order valence-electron chi connectivity index (χ2n) is 5.01. The monoisotopic (exact) mass is 295 g/mol. The summed E-state index contributed by atoms with van der Waals surface area (Å²) in [5.74, 6) is 1.87. The van der Waals surface area contributed by atoms with Gasteiger partial charge in [-0.3, -0.25) is 0 Å². The van der Waals surface area contributed by atoms with E-state index >= 15 is 0 Å². The van der Waals surface area contributed by atoms with Crippen molar-refractivity contribution < 1.29 is 9.47 Å². The Labute approximate surface area is 129 Å². The van der Waals surface area contributed by atoms with E-state index in [4.69, 9.17) is 9.47 Å². The Balaban J connectivity index is 2.31. The van der Waals surface area contributed by atoms with Gasteiger partial charge in [-0.05, 0) is 38.1 Å².